The molecule has 0 unspecified atom stereocenters. The van der Waals surface area contributed by atoms with E-state index in [1.165, 1.54) is 19.3 Å². The van der Waals surface area contributed by atoms with E-state index in [0.29, 0.717) is 32.1 Å². The summed E-state index contributed by atoms with van der Waals surface area (Å²) < 4.78 is 17.1. The number of benzene rings is 1. The summed E-state index contributed by atoms with van der Waals surface area (Å²) in [5.74, 6) is -2.02. The molecule has 0 bridgehead atoms. The first kappa shape index (κ1) is 30.4. The van der Waals surface area contributed by atoms with E-state index in [9.17, 15) is 14.4 Å². The molecule has 3 aliphatic rings. The second-order valence-electron chi connectivity index (χ2n) is 9.69. The van der Waals surface area contributed by atoms with Gasteiger partial charge in [0.2, 0.25) is 5.91 Å². The van der Waals surface area contributed by atoms with E-state index in [0.717, 1.165) is 43.3 Å². The fourth-order valence-corrected chi connectivity index (χ4v) is 4.50. The highest BCUT2D eigenvalue weighted by molar-refractivity contribution is 5.92. The maximum absolute atomic E-state index is 12.3. The van der Waals surface area contributed by atoms with Crippen molar-refractivity contribution in [1.29, 1.82) is 0 Å². The van der Waals surface area contributed by atoms with Crippen LogP contribution in [0.1, 0.15) is 37.7 Å². The molecule has 1 aliphatic carbocycles. The van der Waals surface area contributed by atoms with E-state index in [2.05, 4.69) is 4.90 Å². The molecule has 1 saturated carbocycles. The largest absolute Gasteiger partial charge is 0.493 e. The lowest BCUT2D eigenvalue weighted by molar-refractivity contribution is -0.165. The maximum Gasteiger partial charge on any atom is 0.335 e. The van der Waals surface area contributed by atoms with Crippen molar-refractivity contribution < 1.29 is 49.0 Å². The van der Waals surface area contributed by atoms with Crippen LogP contribution in [0.25, 0.3) is 6.08 Å². The molecule has 3 fully saturated rings. The monoisotopic (exact) mass is 550 g/mol. The maximum atomic E-state index is 12.3. The summed E-state index contributed by atoms with van der Waals surface area (Å²) in [4.78, 5) is 36.3. The predicted octanol–water partition coefficient (Wildman–Crippen LogP) is 0.840. The lowest BCUT2D eigenvalue weighted by Gasteiger charge is -2.41. The number of aliphatic hydroxyl groups excluding tert-OH is 2. The summed E-state index contributed by atoms with van der Waals surface area (Å²) in [6, 6.07) is 6.68. The van der Waals surface area contributed by atoms with E-state index in [4.69, 9.17) is 34.6 Å². The van der Waals surface area contributed by atoms with Crippen LogP contribution in [-0.4, -0.2) is 119 Å². The molecule has 12 nitrogen and oxygen atoms in total. The van der Waals surface area contributed by atoms with Crippen LogP contribution >= 0.6 is 0 Å². The van der Waals surface area contributed by atoms with Crippen LogP contribution in [0.15, 0.2) is 24.3 Å². The van der Waals surface area contributed by atoms with E-state index in [-0.39, 0.29) is 12.0 Å². The van der Waals surface area contributed by atoms with E-state index in [1.54, 1.807) is 13.2 Å². The van der Waals surface area contributed by atoms with Crippen LogP contribution in [0, 0.1) is 0 Å². The highest BCUT2D eigenvalue weighted by Crippen LogP contribution is 2.32. The van der Waals surface area contributed by atoms with Crippen molar-refractivity contribution in [2.24, 2.45) is 0 Å². The first-order chi connectivity index (χ1) is 18.7. The zero-order valence-corrected chi connectivity index (χ0v) is 22.1. The van der Waals surface area contributed by atoms with Gasteiger partial charge in [0, 0.05) is 38.3 Å². The number of rotatable bonds is 9. The number of carboxylic acids is 2. The molecule has 216 valence electrons. The van der Waals surface area contributed by atoms with Gasteiger partial charge in [-0.2, -0.15) is 0 Å². The Hall–Kier alpha value is -3.19. The van der Waals surface area contributed by atoms with Crippen molar-refractivity contribution >= 4 is 23.9 Å². The molecule has 4 rings (SSSR count). The number of carbonyl (C=O) groups excluding carboxylic acids is 1. The van der Waals surface area contributed by atoms with Gasteiger partial charge in [0.25, 0.3) is 0 Å². The minimum absolute atomic E-state index is 0.0193. The average Bonchev–Trinajstić information content (AvgIpc) is 2.92. The molecular formula is C27H38N2O10. The van der Waals surface area contributed by atoms with Crippen LogP contribution in [0.4, 0.5) is 0 Å². The van der Waals surface area contributed by atoms with Crippen LogP contribution in [-0.2, 0) is 19.1 Å². The molecule has 1 amide bonds. The van der Waals surface area contributed by atoms with Crippen LogP contribution in [0.3, 0.4) is 0 Å². The fourth-order valence-electron chi connectivity index (χ4n) is 4.50. The standard InChI is InChI=1S/C23H32N2O4.C4H6O6/c1-27-22-17-18(6-8-23(26)25-13-15-28-16-14-25)5-7-21(22)29-20-9-11-24(12-10-20)19-3-2-4-19;5-1(3(7)8)2(6)4(9)10/h5-8,17,19-20H,2-4,9-16H2,1H3;1-2,5-6H,(H,7,8)(H,9,10)/t;1-,2-/m.1/s1. The Morgan fingerprint density at radius 3 is 2.08 bits per heavy atom. The second kappa shape index (κ2) is 14.8. The number of hydrogen-bond donors (Lipinski definition) is 4. The Kier molecular flexibility index (Phi) is 11.5. The molecular weight excluding hydrogens is 512 g/mol. The smallest absolute Gasteiger partial charge is 0.335 e. The zero-order chi connectivity index (χ0) is 28.4. The molecule has 1 aromatic carbocycles. The number of likely N-dealkylation sites (tertiary alicyclic amines) is 1. The third kappa shape index (κ3) is 8.92. The van der Waals surface area contributed by atoms with Gasteiger partial charge >= 0.3 is 11.9 Å². The van der Waals surface area contributed by atoms with Gasteiger partial charge in [0.15, 0.2) is 23.7 Å². The van der Waals surface area contributed by atoms with Gasteiger partial charge < -0.3 is 44.4 Å². The summed E-state index contributed by atoms with van der Waals surface area (Å²) in [5.41, 5.74) is 0.926. The summed E-state index contributed by atoms with van der Waals surface area (Å²) >= 11 is 0. The minimum atomic E-state index is -2.27. The molecule has 12 heteroatoms. The summed E-state index contributed by atoms with van der Waals surface area (Å²) in [7, 11) is 1.66. The Balaban J connectivity index is 0.000000360. The van der Waals surface area contributed by atoms with Crippen molar-refractivity contribution in [3.63, 3.8) is 0 Å². The molecule has 2 aliphatic heterocycles. The number of hydrogen-bond acceptors (Lipinski definition) is 9. The van der Waals surface area contributed by atoms with Gasteiger partial charge in [0.1, 0.15) is 6.10 Å². The molecule has 4 N–H and O–H groups in total. The third-order valence-corrected chi connectivity index (χ3v) is 7.10. The van der Waals surface area contributed by atoms with Crippen molar-refractivity contribution in [2.45, 2.75) is 56.5 Å². The number of morpholine rings is 1. The highest BCUT2D eigenvalue weighted by Gasteiger charge is 2.30. The highest BCUT2D eigenvalue weighted by atomic mass is 16.5. The lowest BCUT2D eigenvalue weighted by atomic mass is 9.90. The van der Waals surface area contributed by atoms with Gasteiger partial charge in [-0.15, -0.1) is 0 Å². The van der Waals surface area contributed by atoms with Crippen molar-refractivity contribution in [3.8, 4) is 11.5 Å². The molecule has 0 spiro atoms. The van der Waals surface area contributed by atoms with Crippen molar-refractivity contribution in [2.75, 3.05) is 46.5 Å². The third-order valence-electron chi connectivity index (χ3n) is 7.10. The number of aliphatic hydroxyl groups is 2. The zero-order valence-electron chi connectivity index (χ0n) is 22.1. The first-order valence-corrected chi connectivity index (χ1v) is 13.1. The normalized spacial score (nSPS) is 20.3. The van der Waals surface area contributed by atoms with Crippen LogP contribution < -0.4 is 9.47 Å². The van der Waals surface area contributed by atoms with Gasteiger partial charge in [-0.25, -0.2) is 9.59 Å². The summed E-state index contributed by atoms with van der Waals surface area (Å²) in [5, 5.41) is 32.5. The Bertz CT molecular complexity index is 980. The van der Waals surface area contributed by atoms with Gasteiger partial charge in [-0.05, 0) is 49.5 Å². The van der Waals surface area contributed by atoms with Crippen LogP contribution in [0.5, 0.6) is 11.5 Å². The van der Waals surface area contributed by atoms with Gasteiger partial charge in [-0.3, -0.25) is 4.79 Å². The number of ether oxygens (including phenoxy) is 3. The Morgan fingerprint density at radius 2 is 1.56 bits per heavy atom. The minimum Gasteiger partial charge on any atom is -0.493 e. The average molecular weight is 551 g/mol. The van der Waals surface area contributed by atoms with Gasteiger partial charge in [0.05, 0.1) is 20.3 Å². The molecule has 2 atom stereocenters. The Labute approximate surface area is 227 Å². The number of carboxylic acid groups (broad SMARTS) is 2. The summed E-state index contributed by atoms with van der Waals surface area (Å²) in [6.07, 6.45) is 5.41. The number of methoxy groups -OCH3 is 1. The summed E-state index contributed by atoms with van der Waals surface area (Å²) in [6.45, 7) is 4.78. The number of amides is 1. The molecule has 2 saturated heterocycles. The first-order valence-electron chi connectivity index (χ1n) is 13.1. The SMILES string of the molecule is COc1cc(C=CC(=O)N2CCOCC2)ccc1OC1CCN(C2CCC2)CC1.O=C(O)[C@H](O)[C@@H](O)C(=O)O. The molecule has 0 radical (unpaired) electrons. The molecule has 2 heterocycles. The van der Waals surface area contributed by atoms with Crippen molar-refractivity contribution in [1.82, 2.24) is 9.80 Å². The fraction of sp³-hybridized carbons (Fsp3) is 0.593. The van der Waals surface area contributed by atoms with E-state index >= 15 is 0 Å². The van der Waals surface area contributed by atoms with Gasteiger partial charge in [-0.1, -0.05) is 12.5 Å². The van der Waals surface area contributed by atoms with Crippen molar-refractivity contribution in [3.05, 3.63) is 29.8 Å². The topological polar surface area (TPSA) is 166 Å². The number of carbonyl (C=O) groups is 3. The Morgan fingerprint density at radius 1 is 0.949 bits per heavy atom. The number of piperidine rings is 1. The number of nitrogens with zero attached hydrogens (tertiary/aromatic N) is 2. The van der Waals surface area contributed by atoms with E-state index in [1.807, 2.05) is 29.2 Å². The number of aliphatic carboxylic acids is 2. The van der Waals surface area contributed by atoms with Crippen LogP contribution in [0.2, 0.25) is 0 Å². The predicted molar refractivity (Wildman–Crippen MR) is 140 cm³/mol. The lowest BCUT2D eigenvalue weighted by Crippen LogP contribution is -2.46. The second-order valence-corrected chi connectivity index (χ2v) is 9.69. The molecule has 39 heavy (non-hydrogen) atoms. The molecule has 0 aromatic heterocycles. The molecule has 1 aromatic rings. The quantitative estimate of drug-likeness (QED) is 0.322. The van der Waals surface area contributed by atoms with E-state index < -0.39 is 24.1 Å².